The van der Waals surface area contributed by atoms with Gasteiger partial charge in [-0.25, -0.2) is 0 Å². The predicted molar refractivity (Wildman–Crippen MR) is 90.5 cm³/mol. The molecule has 2 unspecified atom stereocenters. The zero-order chi connectivity index (χ0) is 15.1. The zero-order valence-corrected chi connectivity index (χ0v) is 14.5. The van der Waals surface area contributed by atoms with Crippen LogP contribution in [0.1, 0.15) is 43.2 Å². The Balaban J connectivity index is 2.95. The topological polar surface area (TPSA) is 32.5 Å². The average molecular weight is 298 g/mol. The summed E-state index contributed by atoms with van der Waals surface area (Å²) in [6.45, 7) is 9.92. The molecule has 2 N–H and O–H groups in total. The first-order chi connectivity index (χ1) is 9.51. The van der Waals surface area contributed by atoms with Crippen LogP contribution in [0.2, 0.25) is 0 Å². The predicted octanol–water partition coefficient (Wildman–Crippen LogP) is 3.11. The van der Waals surface area contributed by atoms with Gasteiger partial charge in [0.15, 0.2) is 0 Å². The quantitative estimate of drug-likeness (QED) is 0.760. The molecule has 0 aromatic carbocycles. The normalized spacial score (nSPS) is 15.0. The number of aryl methyl sites for hydroxylation is 1. The van der Waals surface area contributed by atoms with Crippen LogP contribution in [0.3, 0.4) is 0 Å². The molecular formula is C16H31N3S. The summed E-state index contributed by atoms with van der Waals surface area (Å²) in [5.41, 5.74) is 7.85. The van der Waals surface area contributed by atoms with Gasteiger partial charge in [-0.3, -0.25) is 4.90 Å². The highest BCUT2D eigenvalue weighted by Crippen LogP contribution is 2.32. The van der Waals surface area contributed by atoms with Crippen molar-refractivity contribution < 1.29 is 0 Å². The van der Waals surface area contributed by atoms with Gasteiger partial charge in [0.05, 0.1) is 6.04 Å². The molecule has 0 spiro atoms. The maximum absolute atomic E-state index is 6.47. The first kappa shape index (κ1) is 17.6. The van der Waals surface area contributed by atoms with Crippen LogP contribution < -0.4 is 5.73 Å². The maximum Gasteiger partial charge on any atom is 0.0596 e. The molecule has 3 nitrogen and oxygen atoms in total. The van der Waals surface area contributed by atoms with Gasteiger partial charge in [-0.15, -0.1) is 11.3 Å². The summed E-state index contributed by atoms with van der Waals surface area (Å²) in [5, 5.41) is 2.19. The highest BCUT2D eigenvalue weighted by atomic mass is 32.1. The number of rotatable bonds is 9. The summed E-state index contributed by atoms with van der Waals surface area (Å²) >= 11 is 1.85. The number of nitrogens with zero attached hydrogens (tertiary/aromatic N) is 2. The molecule has 4 heteroatoms. The lowest BCUT2D eigenvalue weighted by Crippen LogP contribution is -2.43. The molecule has 1 aromatic rings. The molecule has 2 atom stereocenters. The molecule has 0 bridgehead atoms. The Labute approximate surface area is 128 Å². The monoisotopic (exact) mass is 297 g/mol. The average Bonchev–Trinajstić information content (AvgIpc) is 2.82. The van der Waals surface area contributed by atoms with Crippen molar-refractivity contribution in [3.8, 4) is 0 Å². The van der Waals surface area contributed by atoms with E-state index in [2.05, 4.69) is 56.1 Å². The van der Waals surface area contributed by atoms with Gasteiger partial charge >= 0.3 is 0 Å². The van der Waals surface area contributed by atoms with Crippen LogP contribution in [0.15, 0.2) is 11.4 Å². The van der Waals surface area contributed by atoms with E-state index >= 15 is 0 Å². The van der Waals surface area contributed by atoms with Gasteiger partial charge in [0.2, 0.25) is 0 Å². The molecule has 0 aliphatic heterocycles. The minimum atomic E-state index is 0.209. The Morgan fingerprint density at radius 1 is 1.20 bits per heavy atom. The van der Waals surface area contributed by atoms with Gasteiger partial charge in [-0.05, 0) is 57.4 Å². The molecule has 1 rings (SSSR count). The summed E-state index contributed by atoms with van der Waals surface area (Å²) < 4.78 is 0. The lowest BCUT2D eigenvalue weighted by Gasteiger charge is -2.36. The van der Waals surface area contributed by atoms with Crippen molar-refractivity contribution in [1.29, 1.82) is 0 Å². The van der Waals surface area contributed by atoms with Crippen LogP contribution in [0.5, 0.6) is 0 Å². The second kappa shape index (κ2) is 8.78. The van der Waals surface area contributed by atoms with Gasteiger partial charge in [0, 0.05) is 24.0 Å². The second-order valence-electron chi connectivity index (χ2n) is 5.82. The van der Waals surface area contributed by atoms with E-state index in [1.165, 1.54) is 16.9 Å². The molecule has 0 saturated heterocycles. The Morgan fingerprint density at radius 3 is 2.35 bits per heavy atom. The van der Waals surface area contributed by atoms with Gasteiger partial charge in [-0.1, -0.05) is 13.8 Å². The molecule has 0 saturated carbocycles. The first-order valence-electron chi connectivity index (χ1n) is 7.69. The second-order valence-corrected chi connectivity index (χ2v) is 6.77. The molecule has 0 aliphatic rings. The summed E-state index contributed by atoms with van der Waals surface area (Å²) in [5.74, 6) is 0. The standard InChI is InChI=1S/C16H31N3S/c1-6-9-19(11-10-18(4)5)15(14(17)7-2)16-13(3)8-12-20-16/h8,12,14-15H,6-7,9-11,17H2,1-5H3. The van der Waals surface area contributed by atoms with Crippen molar-refractivity contribution in [3.63, 3.8) is 0 Å². The third-order valence-electron chi connectivity index (χ3n) is 3.79. The molecule has 0 aliphatic carbocycles. The highest BCUT2D eigenvalue weighted by molar-refractivity contribution is 7.10. The lowest BCUT2D eigenvalue weighted by molar-refractivity contribution is 0.157. The van der Waals surface area contributed by atoms with E-state index < -0.39 is 0 Å². The SMILES string of the molecule is CCCN(CCN(C)C)C(c1sccc1C)C(N)CC. The summed E-state index contributed by atoms with van der Waals surface area (Å²) in [6, 6.07) is 2.78. The third kappa shape index (κ3) is 4.85. The van der Waals surface area contributed by atoms with E-state index in [-0.39, 0.29) is 6.04 Å². The zero-order valence-electron chi connectivity index (χ0n) is 13.7. The maximum atomic E-state index is 6.47. The highest BCUT2D eigenvalue weighted by Gasteiger charge is 2.27. The van der Waals surface area contributed by atoms with Crippen molar-refractivity contribution in [2.75, 3.05) is 33.7 Å². The van der Waals surface area contributed by atoms with E-state index in [1.54, 1.807) is 0 Å². The molecule has 1 heterocycles. The van der Waals surface area contributed by atoms with Crippen LogP contribution in [0, 0.1) is 6.92 Å². The van der Waals surface area contributed by atoms with E-state index in [9.17, 15) is 0 Å². The summed E-state index contributed by atoms with van der Waals surface area (Å²) in [7, 11) is 4.27. The summed E-state index contributed by atoms with van der Waals surface area (Å²) in [4.78, 5) is 6.28. The smallest absolute Gasteiger partial charge is 0.0596 e. The minimum Gasteiger partial charge on any atom is -0.326 e. The minimum absolute atomic E-state index is 0.209. The Hall–Kier alpha value is -0.420. The Morgan fingerprint density at radius 2 is 1.90 bits per heavy atom. The van der Waals surface area contributed by atoms with E-state index in [1.807, 2.05) is 11.3 Å². The third-order valence-corrected chi connectivity index (χ3v) is 4.88. The fourth-order valence-corrected chi connectivity index (χ4v) is 3.68. The van der Waals surface area contributed by atoms with E-state index in [0.717, 1.165) is 26.1 Å². The van der Waals surface area contributed by atoms with Gasteiger partial charge in [0.1, 0.15) is 0 Å². The van der Waals surface area contributed by atoms with Gasteiger partial charge in [0.25, 0.3) is 0 Å². The van der Waals surface area contributed by atoms with Crippen molar-refractivity contribution >= 4 is 11.3 Å². The van der Waals surface area contributed by atoms with Crippen molar-refractivity contribution in [2.45, 2.75) is 45.7 Å². The number of hydrogen-bond donors (Lipinski definition) is 1. The van der Waals surface area contributed by atoms with E-state index in [0.29, 0.717) is 6.04 Å². The Kier molecular flexibility index (Phi) is 7.74. The summed E-state index contributed by atoms with van der Waals surface area (Å²) in [6.07, 6.45) is 2.19. The van der Waals surface area contributed by atoms with Crippen molar-refractivity contribution in [2.24, 2.45) is 5.73 Å². The number of nitrogens with two attached hydrogens (primary N) is 1. The number of likely N-dealkylation sites (N-methyl/N-ethyl adjacent to an activating group) is 1. The van der Waals surface area contributed by atoms with Gasteiger partial charge in [-0.2, -0.15) is 0 Å². The molecule has 116 valence electrons. The number of hydrogen-bond acceptors (Lipinski definition) is 4. The van der Waals surface area contributed by atoms with E-state index in [4.69, 9.17) is 5.73 Å². The van der Waals surface area contributed by atoms with Crippen molar-refractivity contribution in [3.05, 3.63) is 21.9 Å². The molecule has 20 heavy (non-hydrogen) atoms. The van der Waals surface area contributed by atoms with Crippen LogP contribution in [-0.2, 0) is 0 Å². The number of thiophene rings is 1. The van der Waals surface area contributed by atoms with Crippen LogP contribution in [0.4, 0.5) is 0 Å². The van der Waals surface area contributed by atoms with Crippen molar-refractivity contribution in [1.82, 2.24) is 9.80 Å². The molecule has 0 radical (unpaired) electrons. The fraction of sp³-hybridized carbons (Fsp3) is 0.750. The van der Waals surface area contributed by atoms with Crippen LogP contribution >= 0.6 is 11.3 Å². The first-order valence-corrected chi connectivity index (χ1v) is 8.57. The molecular weight excluding hydrogens is 266 g/mol. The van der Waals surface area contributed by atoms with Gasteiger partial charge < -0.3 is 10.6 Å². The van der Waals surface area contributed by atoms with Crippen LogP contribution in [-0.4, -0.2) is 49.6 Å². The van der Waals surface area contributed by atoms with Crippen LogP contribution in [0.25, 0.3) is 0 Å². The Bertz CT molecular complexity index is 376. The molecule has 0 fully saturated rings. The molecule has 0 amide bonds. The molecule has 1 aromatic heterocycles. The fourth-order valence-electron chi connectivity index (χ4n) is 2.55. The lowest BCUT2D eigenvalue weighted by atomic mass is 10.00. The largest absolute Gasteiger partial charge is 0.326 e.